The van der Waals surface area contributed by atoms with Gasteiger partial charge in [0.25, 0.3) is 5.91 Å². The number of carbonyl (C=O) groups excluding carboxylic acids is 2. The van der Waals surface area contributed by atoms with Gasteiger partial charge >= 0.3 is 6.03 Å². The predicted octanol–water partition coefficient (Wildman–Crippen LogP) is 5.44. The van der Waals surface area contributed by atoms with Gasteiger partial charge in [0, 0.05) is 40.5 Å². The van der Waals surface area contributed by atoms with E-state index in [9.17, 15) is 9.59 Å². The van der Waals surface area contributed by atoms with Crippen LogP contribution in [0.15, 0.2) is 65.8 Å². The molecule has 3 aromatic rings. The van der Waals surface area contributed by atoms with Crippen molar-refractivity contribution in [3.05, 3.63) is 76.9 Å². The van der Waals surface area contributed by atoms with Gasteiger partial charge in [0.15, 0.2) is 0 Å². The van der Waals surface area contributed by atoms with Crippen LogP contribution in [0.4, 0.5) is 21.9 Å². The average Bonchev–Trinajstić information content (AvgIpc) is 2.76. The van der Waals surface area contributed by atoms with Gasteiger partial charge in [-0.3, -0.25) is 9.69 Å². The third kappa shape index (κ3) is 4.42. The van der Waals surface area contributed by atoms with Gasteiger partial charge in [0.1, 0.15) is 5.03 Å². The zero-order valence-corrected chi connectivity index (χ0v) is 17.8. The molecule has 8 heteroatoms. The molecule has 1 aliphatic rings. The molecular formula is C22H19ClN4O2S. The number of benzene rings is 2. The fourth-order valence-electron chi connectivity index (χ4n) is 3.07. The van der Waals surface area contributed by atoms with E-state index in [0.717, 1.165) is 22.0 Å². The van der Waals surface area contributed by atoms with E-state index >= 15 is 0 Å². The second-order valence-corrected chi connectivity index (χ2v) is 8.25. The van der Waals surface area contributed by atoms with Crippen LogP contribution in [0.5, 0.6) is 0 Å². The number of nitrogens with zero attached hydrogens (tertiary/aromatic N) is 2. The molecule has 4 rings (SSSR count). The number of carbonyl (C=O) groups is 2. The number of rotatable bonds is 3. The number of urea groups is 1. The van der Waals surface area contributed by atoms with Gasteiger partial charge in [-0.2, -0.15) is 0 Å². The largest absolute Gasteiger partial charge is 0.326 e. The molecule has 0 unspecified atom stereocenters. The van der Waals surface area contributed by atoms with Crippen LogP contribution in [0.2, 0.25) is 5.02 Å². The van der Waals surface area contributed by atoms with E-state index in [1.807, 2.05) is 25.1 Å². The Kier molecular flexibility index (Phi) is 5.92. The maximum atomic E-state index is 12.8. The zero-order chi connectivity index (χ0) is 21.1. The van der Waals surface area contributed by atoms with E-state index in [1.54, 1.807) is 59.3 Å². The minimum absolute atomic E-state index is 0.257. The first-order chi connectivity index (χ1) is 14.5. The number of pyridine rings is 1. The van der Waals surface area contributed by atoms with Crippen LogP contribution in [-0.2, 0) is 0 Å². The van der Waals surface area contributed by atoms with Gasteiger partial charge in [-0.05, 0) is 55.0 Å². The van der Waals surface area contributed by atoms with Crippen molar-refractivity contribution in [3.63, 3.8) is 0 Å². The van der Waals surface area contributed by atoms with Crippen LogP contribution in [0.3, 0.4) is 0 Å². The molecule has 30 heavy (non-hydrogen) atoms. The highest BCUT2D eigenvalue weighted by molar-refractivity contribution is 7.99. The smallest absolute Gasteiger partial charge is 0.322 e. The van der Waals surface area contributed by atoms with Crippen molar-refractivity contribution in [1.82, 2.24) is 4.98 Å². The zero-order valence-electron chi connectivity index (χ0n) is 16.2. The number of aryl methyl sites for hydroxylation is 1. The van der Waals surface area contributed by atoms with Gasteiger partial charge in [0.05, 0.1) is 5.69 Å². The van der Waals surface area contributed by atoms with Gasteiger partial charge in [-0.25, -0.2) is 9.78 Å². The van der Waals surface area contributed by atoms with Crippen LogP contribution in [0.1, 0.15) is 15.9 Å². The fraction of sp³-hybridized carbons (Fsp3) is 0.136. The Balaban J connectivity index is 1.48. The standard InChI is InChI=1S/C22H19ClN4O2S/c1-14-7-8-17(13-18(14)23)25-20(28)15-4-2-5-16(12-15)26-22(29)27-10-11-30-21-19(27)6-3-9-24-21/h2-9,12-13H,10-11H2,1H3,(H,25,28)(H,26,29). The molecule has 0 atom stereocenters. The Bertz CT molecular complexity index is 1120. The van der Waals surface area contributed by atoms with Crippen LogP contribution in [-0.4, -0.2) is 29.2 Å². The summed E-state index contributed by atoms with van der Waals surface area (Å²) in [5.74, 6) is 0.494. The van der Waals surface area contributed by atoms with Gasteiger partial charge in [-0.1, -0.05) is 23.7 Å². The maximum absolute atomic E-state index is 12.8. The van der Waals surface area contributed by atoms with Crippen LogP contribution in [0, 0.1) is 6.92 Å². The molecule has 0 fully saturated rings. The number of hydrogen-bond acceptors (Lipinski definition) is 4. The van der Waals surface area contributed by atoms with Crippen molar-refractivity contribution in [2.75, 3.05) is 27.8 Å². The van der Waals surface area contributed by atoms with E-state index in [-0.39, 0.29) is 11.9 Å². The molecule has 0 spiro atoms. The first kappa shape index (κ1) is 20.3. The number of nitrogens with one attached hydrogen (secondary N) is 2. The third-order valence-corrected chi connectivity index (χ3v) is 6.03. The molecular weight excluding hydrogens is 420 g/mol. The molecule has 1 aromatic heterocycles. The van der Waals surface area contributed by atoms with Crippen LogP contribution >= 0.6 is 23.4 Å². The summed E-state index contributed by atoms with van der Waals surface area (Å²) >= 11 is 7.76. The van der Waals surface area contributed by atoms with E-state index in [0.29, 0.717) is 28.5 Å². The lowest BCUT2D eigenvalue weighted by Gasteiger charge is -2.28. The summed E-state index contributed by atoms with van der Waals surface area (Å²) in [5, 5.41) is 7.13. The lowest BCUT2D eigenvalue weighted by molar-refractivity contribution is 0.102. The third-order valence-electron chi connectivity index (χ3n) is 4.65. The van der Waals surface area contributed by atoms with Crippen molar-refractivity contribution in [1.29, 1.82) is 0 Å². The molecule has 0 saturated heterocycles. The summed E-state index contributed by atoms with van der Waals surface area (Å²) < 4.78 is 0. The number of aromatic nitrogens is 1. The molecule has 0 bridgehead atoms. The van der Waals surface area contributed by atoms with Crippen LogP contribution < -0.4 is 15.5 Å². The van der Waals surface area contributed by atoms with Gasteiger partial charge in [-0.15, -0.1) is 11.8 Å². The summed E-state index contributed by atoms with van der Waals surface area (Å²) in [6.07, 6.45) is 1.72. The Morgan fingerprint density at radius 2 is 1.90 bits per heavy atom. The van der Waals surface area contributed by atoms with Gasteiger partial charge < -0.3 is 10.6 Å². The molecule has 0 aliphatic carbocycles. The van der Waals surface area contributed by atoms with E-state index in [1.165, 1.54) is 0 Å². The minimum Gasteiger partial charge on any atom is -0.322 e. The Morgan fingerprint density at radius 3 is 2.73 bits per heavy atom. The summed E-state index contributed by atoms with van der Waals surface area (Å²) in [6.45, 7) is 2.49. The highest BCUT2D eigenvalue weighted by Crippen LogP contribution is 2.32. The van der Waals surface area contributed by atoms with Crippen LogP contribution in [0.25, 0.3) is 0 Å². The van der Waals surface area contributed by atoms with E-state index in [2.05, 4.69) is 15.6 Å². The van der Waals surface area contributed by atoms with E-state index in [4.69, 9.17) is 11.6 Å². The van der Waals surface area contributed by atoms with Crippen molar-refractivity contribution in [2.45, 2.75) is 11.9 Å². The highest BCUT2D eigenvalue weighted by Gasteiger charge is 2.23. The fourth-order valence-corrected chi connectivity index (χ4v) is 4.18. The molecule has 3 amide bonds. The number of halogens is 1. The number of anilines is 3. The number of thioether (sulfide) groups is 1. The molecule has 6 nitrogen and oxygen atoms in total. The molecule has 1 aliphatic heterocycles. The van der Waals surface area contributed by atoms with E-state index < -0.39 is 0 Å². The lowest BCUT2D eigenvalue weighted by atomic mass is 10.1. The summed E-state index contributed by atoms with van der Waals surface area (Å²) in [5.41, 5.74) is 3.31. The maximum Gasteiger partial charge on any atom is 0.326 e. The SMILES string of the molecule is Cc1ccc(NC(=O)c2cccc(NC(=O)N3CCSc4ncccc43)c2)cc1Cl. The number of fused-ring (bicyclic) bond motifs is 1. The molecule has 2 heterocycles. The van der Waals surface area contributed by atoms with Crippen molar-refractivity contribution in [2.24, 2.45) is 0 Å². The molecule has 0 radical (unpaired) electrons. The molecule has 2 aromatic carbocycles. The quantitative estimate of drug-likeness (QED) is 0.571. The summed E-state index contributed by atoms with van der Waals surface area (Å²) in [4.78, 5) is 31.5. The number of amides is 3. The minimum atomic E-state index is -0.282. The topological polar surface area (TPSA) is 74.3 Å². The Hall–Kier alpha value is -3.03. The molecule has 0 saturated carbocycles. The first-order valence-electron chi connectivity index (χ1n) is 9.35. The highest BCUT2D eigenvalue weighted by atomic mass is 35.5. The normalized spacial score (nSPS) is 12.8. The molecule has 152 valence electrons. The Labute approximate surface area is 183 Å². The van der Waals surface area contributed by atoms with Crippen molar-refractivity contribution < 1.29 is 9.59 Å². The number of hydrogen-bond donors (Lipinski definition) is 2. The summed E-state index contributed by atoms with van der Waals surface area (Å²) in [6, 6.07) is 15.6. The summed E-state index contributed by atoms with van der Waals surface area (Å²) in [7, 11) is 0. The second-order valence-electron chi connectivity index (χ2n) is 6.76. The Morgan fingerprint density at radius 1 is 1.07 bits per heavy atom. The lowest BCUT2D eigenvalue weighted by Crippen LogP contribution is -2.38. The first-order valence-corrected chi connectivity index (χ1v) is 10.7. The van der Waals surface area contributed by atoms with Crippen molar-refractivity contribution in [3.8, 4) is 0 Å². The predicted molar refractivity (Wildman–Crippen MR) is 122 cm³/mol. The van der Waals surface area contributed by atoms with Crippen molar-refractivity contribution >= 4 is 52.4 Å². The van der Waals surface area contributed by atoms with Gasteiger partial charge in [0.2, 0.25) is 0 Å². The monoisotopic (exact) mass is 438 g/mol. The average molecular weight is 439 g/mol. The second kappa shape index (κ2) is 8.77. The molecule has 2 N–H and O–H groups in total.